The van der Waals surface area contributed by atoms with Gasteiger partial charge in [-0.25, -0.2) is 9.59 Å². The Morgan fingerprint density at radius 1 is 1.60 bits per heavy atom. The molecule has 0 radical (unpaired) electrons. The highest BCUT2D eigenvalue weighted by Gasteiger charge is 2.34. The van der Waals surface area contributed by atoms with Crippen LogP contribution >= 0.6 is 0 Å². The maximum atomic E-state index is 12.0. The lowest BCUT2D eigenvalue weighted by molar-refractivity contribution is -0.143. The summed E-state index contributed by atoms with van der Waals surface area (Å²) >= 11 is 0. The third-order valence-corrected chi connectivity index (χ3v) is 3.43. The molecule has 0 aliphatic carbocycles. The highest BCUT2D eigenvalue weighted by molar-refractivity contribution is 5.82. The van der Waals surface area contributed by atoms with E-state index in [1.165, 1.54) is 11.2 Å². The first-order chi connectivity index (χ1) is 9.58. The van der Waals surface area contributed by atoms with E-state index in [-0.39, 0.29) is 6.03 Å². The summed E-state index contributed by atoms with van der Waals surface area (Å²) in [6.07, 6.45) is 3.03. The van der Waals surface area contributed by atoms with Crippen molar-refractivity contribution >= 4 is 12.0 Å². The van der Waals surface area contributed by atoms with Crippen LogP contribution in [0.2, 0.25) is 0 Å². The van der Waals surface area contributed by atoms with Crippen LogP contribution in [0.3, 0.4) is 0 Å². The van der Waals surface area contributed by atoms with Crippen LogP contribution < -0.4 is 5.32 Å². The van der Waals surface area contributed by atoms with Crippen molar-refractivity contribution in [2.75, 3.05) is 13.1 Å². The zero-order valence-corrected chi connectivity index (χ0v) is 11.3. The monoisotopic (exact) mass is 282 g/mol. The van der Waals surface area contributed by atoms with Crippen LogP contribution in [-0.2, 0) is 11.2 Å². The first kappa shape index (κ1) is 14.3. The third kappa shape index (κ3) is 3.46. The number of aromatic nitrogens is 2. The molecule has 0 bridgehead atoms. The lowest BCUT2D eigenvalue weighted by Gasteiger charge is -2.35. The number of aliphatic carboxylic acids is 1. The molecule has 2 atom stereocenters. The molecule has 1 aromatic heterocycles. The van der Waals surface area contributed by atoms with Gasteiger partial charge in [0, 0.05) is 19.5 Å². The second-order valence-electron chi connectivity index (χ2n) is 4.99. The standard InChI is InChI=1S/C12H18N4O4/c1-8-3-5-16(9(6-8)11(17)18)12(19)13-4-2-10-14-7-15-20-10/h7-9H,2-6H2,1H3,(H,13,19)(H,17,18). The van der Waals surface area contributed by atoms with Crippen LogP contribution in [0.5, 0.6) is 0 Å². The molecule has 2 heterocycles. The smallest absolute Gasteiger partial charge is 0.326 e. The fourth-order valence-electron chi connectivity index (χ4n) is 2.30. The summed E-state index contributed by atoms with van der Waals surface area (Å²) in [5, 5.41) is 15.3. The number of amides is 2. The van der Waals surface area contributed by atoms with Crippen molar-refractivity contribution in [1.82, 2.24) is 20.4 Å². The highest BCUT2D eigenvalue weighted by Crippen LogP contribution is 2.22. The molecule has 8 heteroatoms. The summed E-state index contributed by atoms with van der Waals surface area (Å²) in [7, 11) is 0. The number of hydrogen-bond donors (Lipinski definition) is 2. The van der Waals surface area contributed by atoms with Crippen molar-refractivity contribution in [3.8, 4) is 0 Å². The van der Waals surface area contributed by atoms with E-state index in [0.29, 0.717) is 37.7 Å². The molecule has 8 nitrogen and oxygen atoms in total. The van der Waals surface area contributed by atoms with Crippen molar-refractivity contribution in [3.63, 3.8) is 0 Å². The summed E-state index contributed by atoms with van der Waals surface area (Å²) in [6.45, 7) is 2.80. The Kier molecular flexibility index (Phi) is 4.54. The van der Waals surface area contributed by atoms with Gasteiger partial charge in [-0.2, -0.15) is 4.98 Å². The Balaban J connectivity index is 1.85. The minimum atomic E-state index is -0.955. The second kappa shape index (κ2) is 6.36. The molecule has 1 aliphatic heterocycles. The molecule has 20 heavy (non-hydrogen) atoms. The number of nitrogens with one attached hydrogen (secondary N) is 1. The quantitative estimate of drug-likeness (QED) is 0.832. The van der Waals surface area contributed by atoms with E-state index < -0.39 is 12.0 Å². The molecule has 2 N–H and O–H groups in total. The topological polar surface area (TPSA) is 109 Å². The Morgan fingerprint density at radius 3 is 3.05 bits per heavy atom. The van der Waals surface area contributed by atoms with Crippen LogP contribution in [0.4, 0.5) is 4.79 Å². The van der Waals surface area contributed by atoms with Gasteiger partial charge in [0.25, 0.3) is 0 Å². The molecule has 110 valence electrons. The van der Waals surface area contributed by atoms with Crippen molar-refractivity contribution in [2.45, 2.75) is 32.2 Å². The van der Waals surface area contributed by atoms with Crippen molar-refractivity contribution < 1.29 is 19.2 Å². The number of nitrogens with zero attached hydrogens (tertiary/aromatic N) is 3. The van der Waals surface area contributed by atoms with Gasteiger partial charge >= 0.3 is 12.0 Å². The predicted molar refractivity (Wildman–Crippen MR) is 67.9 cm³/mol. The van der Waals surface area contributed by atoms with E-state index in [1.807, 2.05) is 6.92 Å². The maximum absolute atomic E-state index is 12.0. The second-order valence-corrected chi connectivity index (χ2v) is 4.99. The number of piperidine rings is 1. The number of carbonyl (C=O) groups excluding carboxylic acids is 1. The molecule has 2 amide bonds. The van der Waals surface area contributed by atoms with E-state index in [9.17, 15) is 14.7 Å². The molecule has 1 saturated heterocycles. The van der Waals surface area contributed by atoms with E-state index in [1.54, 1.807) is 0 Å². The summed E-state index contributed by atoms with van der Waals surface area (Å²) in [5.74, 6) is -0.200. The number of hydrogen-bond acceptors (Lipinski definition) is 5. The minimum absolute atomic E-state index is 0.318. The fourth-order valence-corrected chi connectivity index (χ4v) is 2.30. The minimum Gasteiger partial charge on any atom is -0.480 e. The van der Waals surface area contributed by atoms with Gasteiger partial charge in [0.1, 0.15) is 6.04 Å². The van der Waals surface area contributed by atoms with Crippen molar-refractivity contribution in [1.29, 1.82) is 0 Å². The van der Waals surface area contributed by atoms with Crippen LogP contribution in [0.25, 0.3) is 0 Å². The van der Waals surface area contributed by atoms with E-state index >= 15 is 0 Å². The van der Waals surface area contributed by atoms with Crippen LogP contribution in [-0.4, -0.2) is 51.3 Å². The molecule has 0 aromatic carbocycles. The first-order valence-corrected chi connectivity index (χ1v) is 6.60. The lowest BCUT2D eigenvalue weighted by Crippen LogP contribution is -2.53. The van der Waals surface area contributed by atoms with Gasteiger partial charge in [0.2, 0.25) is 5.89 Å². The molecule has 1 aliphatic rings. The van der Waals surface area contributed by atoms with Crippen LogP contribution in [0.15, 0.2) is 10.9 Å². The third-order valence-electron chi connectivity index (χ3n) is 3.43. The fraction of sp³-hybridized carbons (Fsp3) is 0.667. The molecular formula is C12H18N4O4. The number of carbonyl (C=O) groups is 2. The van der Waals surface area contributed by atoms with Gasteiger partial charge in [-0.3, -0.25) is 0 Å². The van der Waals surface area contributed by atoms with Crippen molar-refractivity contribution in [2.24, 2.45) is 5.92 Å². The predicted octanol–water partition coefficient (Wildman–Crippen LogP) is 0.507. The SMILES string of the molecule is CC1CCN(C(=O)NCCc2ncno2)C(C(=O)O)C1. The van der Waals surface area contributed by atoms with Crippen molar-refractivity contribution in [3.05, 3.63) is 12.2 Å². The highest BCUT2D eigenvalue weighted by atomic mass is 16.5. The summed E-state index contributed by atoms with van der Waals surface area (Å²) in [5.41, 5.74) is 0. The average Bonchev–Trinajstić information content (AvgIpc) is 2.91. The number of carboxylic acids is 1. The molecule has 2 unspecified atom stereocenters. The average molecular weight is 282 g/mol. The number of urea groups is 1. The van der Waals surface area contributed by atoms with Gasteiger partial charge in [-0.15, -0.1) is 0 Å². The van der Waals surface area contributed by atoms with Gasteiger partial charge in [-0.1, -0.05) is 12.1 Å². The number of likely N-dealkylation sites (tertiary alicyclic amines) is 1. The lowest BCUT2D eigenvalue weighted by atomic mass is 9.93. The Morgan fingerprint density at radius 2 is 2.40 bits per heavy atom. The summed E-state index contributed by atoms with van der Waals surface area (Å²) in [4.78, 5) is 28.5. The molecule has 0 saturated carbocycles. The summed E-state index contributed by atoms with van der Waals surface area (Å²) in [6, 6.07) is -1.11. The molecule has 0 spiro atoms. The number of carboxylic acid groups (broad SMARTS) is 1. The largest absolute Gasteiger partial charge is 0.480 e. The molecule has 2 rings (SSSR count). The first-order valence-electron chi connectivity index (χ1n) is 6.60. The molecule has 1 aromatic rings. The number of rotatable bonds is 4. The Bertz CT molecular complexity index is 462. The molecule has 1 fully saturated rings. The van der Waals surface area contributed by atoms with Gasteiger partial charge in [0.15, 0.2) is 6.33 Å². The Labute approximate surface area is 116 Å². The normalized spacial score (nSPS) is 22.6. The maximum Gasteiger partial charge on any atom is 0.326 e. The van der Waals surface area contributed by atoms with Crippen LogP contribution in [0.1, 0.15) is 25.7 Å². The van der Waals surface area contributed by atoms with Gasteiger partial charge in [0.05, 0.1) is 0 Å². The van der Waals surface area contributed by atoms with Crippen LogP contribution in [0, 0.1) is 5.92 Å². The van der Waals surface area contributed by atoms with Gasteiger partial charge < -0.3 is 19.8 Å². The van der Waals surface area contributed by atoms with E-state index in [4.69, 9.17) is 4.52 Å². The zero-order valence-electron chi connectivity index (χ0n) is 11.3. The Hall–Kier alpha value is -2.12. The van der Waals surface area contributed by atoms with E-state index in [0.717, 1.165) is 6.42 Å². The summed E-state index contributed by atoms with van der Waals surface area (Å²) < 4.78 is 4.81. The molecular weight excluding hydrogens is 264 g/mol. The zero-order chi connectivity index (χ0) is 14.5. The van der Waals surface area contributed by atoms with E-state index in [2.05, 4.69) is 15.5 Å². The van der Waals surface area contributed by atoms with Gasteiger partial charge in [-0.05, 0) is 18.8 Å².